The Morgan fingerprint density at radius 3 is 2.71 bits per heavy atom. The molecule has 1 unspecified atom stereocenters. The second-order valence-electron chi connectivity index (χ2n) is 4.33. The number of piperazine rings is 1. The lowest BCUT2D eigenvalue weighted by Gasteiger charge is -2.34. The first-order valence-corrected chi connectivity index (χ1v) is 5.40. The van der Waals surface area contributed by atoms with Crippen molar-refractivity contribution < 1.29 is 4.79 Å². The molecule has 0 spiro atoms. The van der Waals surface area contributed by atoms with Crippen LogP contribution in [0.3, 0.4) is 0 Å². The third kappa shape index (κ3) is 1.77. The van der Waals surface area contributed by atoms with Gasteiger partial charge < -0.3 is 10.2 Å². The van der Waals surface area contributed by atoms with E-state index in [9.17, 15) is 4.79 Å². The SMILES string of the molecule is CC1(C(=O)N2CC[N]CC2)CCCN1. The average molecular weight is 196 g/mol. The molecule has 2 heterocycles. The molecule has 2 aliphatic rings. The molecule has 0 aromatic carbocycles. The summed E-state index contributed by atoms with van der Waals surface area (Å²) in [6.07, 6.45) is 2.08. The molecule has 79 valence electrons. The zero-order valence-electron chi connectivity index (χ0n) is 8.75. The van der Waals surface area contributed by atoms with E-state index in [1.165, 1.54) is 0 Å². The third-order valence-corrected chi connectivity index (χ3v) is 3.18. The molecular weight excluding hydrogens is 178 g/mol. The standard InChI is InChI=1S/C10H18N3O/c1-10(3-2-4-12-10)9(14)13-7-5-11-6-8-13/h12H,2-8H2,1H3. The Labute approximate surface area is 85.0 Å². The van der Waals surface area contributed by atoms with Gasteiger partial charge in [-0.2, -0.15) is 0 Å². The molecule has 4 heteroatoms. The van der Waals surface area contributed by atoms with Crippen molar-refractivity contribution in [1.29, 1.82) is 0 Å². The quantitative estimate of drug-likeness (QED) is 0.619. The van der Waals surface area contributed by atoms with Crippen LogP contribution >= 0.6 is 0 Å². The maximum atomic E-state index is 12.1. The molecule has 0 saturated carbocycles. The Morgan fingerprint density at radius 2 is 2.14 bits per heavy atom. The van der Waals surface area contributed by atoms with E-state index in [1.54, 1.807) is 0 Å². The van der Waals surface area contributed by atoms with Crippen LogP contribution in [-0.2, 0) is 4.79 Å². The van der Waals surface area contributed by atoms with Gasteiger partial charge in [-0.15, -0.1) is 0 Å². The molecule has 1 N–H and O–H groups in total. The summed E-state index contributed by atoms with van der Waals surface area (Å²) < 4.78 is 0. The van der Waals surface area contributed by atoms with E-state index < -0.39 is 0 Å². The van der Waals surface area contributed by atoms with Crippen molar-refractivity contribution in [2.45, 2.75) is 25.3 Å². The van der Waals surface area contributed by atoms with Gasteiger partial charge in [0.1, 0.15) is 0 Å². The van der Waals surface area contributed by atoms with E-state index >= 15 is 0 Å². The molecule has 2 aliphatic heterocycles. The van der Waals surface area contributed by atoms with Gasteiger partial charge in [-0.05, 0) is 26.3 Å². The predicted molar refractivity (Wildman–Crippen MR) is 54.1 cm³/mol. The van der Waals surface area contributed by atoms with Gasteiger partial charge in [0.25, 0.3) is 0 Å². The molecule has 1 amide bonds. The highest BCUT2D eigenvalue weighted by molar-refractivity contribution is 5.86. The number of hydrogen-bond acceptors (Lipinski definition) is 2. The van der Waals surface area contributed by atoms with Crippen LogP contribution in [0.5, 0.6) is 0 Å². The van der Waals surface area contributed by atoms with Crippen LogP contribution in [0.4, 0.5) is 0 Å². The fourth-order valence-electron chi connectivity index (χ4n) is 2.24. The summed E-state index contributed by atoms with van der Waals surface area (Å²) in [4.78, 5) is 14.1. The topological polar surface area (TPSA) is 46.4 Å². The van der Waals surface area contributed by atoms with Crippen molar-refractivity contribution >= 4 is 5.91 Å². The minimum Gasteiger partial charge on any atom is -0.338 e. The predicted octanol–water partition coefficient (Wildman–Crippen LogP) is -0.425. The zero-order chi connectivity index (χ0) is 10.0. The highest BCUT2D eigenvalue weighted by Gasteiger charge is 2.39. The van der Waals surface area contributed by atoms with Crippen LogP contribution in [-0.4, -0.2) is 49.1 Å². The second kappa shape index (κ2) is 3.87. The summed E-state index contributed by atoms with van der Waals surface area (Å²) in [5, 5.41) is 7.55. The van der Waals surface area contributed by atoms with Crippen LogP contribution in [0, 0.1) is 0 Å². The number of carbonyl (C=O) groups excluding carboxylic acids is 1. The fourth-order valence-corrected chi connectivity index (χ4v) is 2.24. The number of rotatable bonds is 1. The van der Waals surface area contributed by atoms with Gasteiger partial charge in [-0.3, -0.25) is 4.79 Å². The van der Waals surface area contributed by atoms with Crippen molar-refractivity contribution in [2.24, 2.45) is 0 Å². The van der Waals surface area contributed by atoms with Crippen LogP contribution in [0.1, 0.15) is 19.8 Å². The minimum atomic E-state index is -0.294. The number of hydrogen-bond donors (Lipinski definition) is 1. The lowest BCUT2D eigenvalue weighted by atomic mass is 9.98. The lowest BCUT2D eigenvalue weighted by Crippen LogP contribution is -2.56. The van der Waals surface area contributed by atoms with Gasteiger partial charge in [0, 0.05) is 26.2 Å². The monoisotopic (exact) mass is 196 g/mol. The smallest absolute Gasteiger partial charge is 0.242 e. The first-order valence-electron chi connectivity index (χ1n) is 5.40. The van der Waals surface area contributed by atoms with Crippen molar-refractivity contribution in [3.05, 3.63) is 0 Å². The van der Waals surface area contributed by atoms with Crippen LogP contribution in [0.25, 0.3) is 0 Å². The largest absolute Gasteiger partial charge is 0.338 e. The minimum absolute atomic E-state index is 0.268. The Hall–Kier alpha value is -0.610. The van der Waals surface area contributed by atoms with Gasteiger partial charge in [0.05, 0.1) is 5.54 Å². The molecule has 4 nitrogen and oxygen atoms in total. The Balaban J connectivity index is 1.98. The zero-order valence-corrected chi connectivity index (χ0v) is 8.75. The van der Waals surface area contributed by atoms with Gasteiger partial charge in [-0.25, -0.2) is 5.32 Å². The number of carbonyl (C=O) groups is 1. The fraction of sp³-hybridized carbons (Fsp3) is 0.900. The van der Waals surface area contributed by atoms with E-state index in [0.29, 0.717) is 0 Å². The molecular formula is C10H18N3O. The molecule has 0 aromatic rings. The summed E-state index contributed by atoms with van der Waals surface area (Å²) in [6.45, 7) is 6.21. The van der Waals surface area contributed by atoms with E-state index in [0.717, 1.165) is 45.6 Å². The van der Waals surface area contributed by atoms with E-state index in [2.05, 4.69) is 10.6 Å². The maximum absolute atomic E-state index is 12.1. The molecule has 0 aromatic heterocycles. The van der Waals surface area contributed by atoms with Gasteiger partial charge >= 0.3 is 0 Å². The lowest BCUT2D eigenvalue weighted by molar-refractivity contribution is -0.137. The molecule has 2 rings (SSSR count). The summed E-state index contributed by atoms with van der Waals surface area (Å²) in [7, 11) is 0. The van der Waals surface area contributed by atoms with Crippen LogP contribution in [0.15, 0.2) is 0 Å². The number of nitrogens with one attached hydrogen (secondary N) is 1. The highest BCUT2D eigenvalue weighted by atomic mass is 16.2. The number of amides is 1. The maximum Gasteiger partial charge on any atom is 0.242 e. The summed E-state index contributed by atoms with van der Waals surface area (Å²) in [6, 6.07) is 0. The van der Waals surface area contributed by atoms with Crippen molar-refractivity contribution in [3.8, 4) is 0 Å². The molecule has 0 aliphatic carbocycles. The normalized spacial score (nSPS) is 33.4. The number of nitrogens with zero attached hydrogens (tertiary/aromatic N) is 2. The van der Waals surface area contributed by atoms with Gasteiger partial charge in [0.15, 0.2) is 0 Å². The molecule has 1 radical (unpaired) electrons. The molecule has 2 saturated heterocycles. The first kappa shape index (κ1) is 9.93. The van der Waals surface area contributed by atoms with Crippen LogP contribution in [0.2, 0.25) is 0 Å². The molecule has 2 fully saturated rings. The Bertz CT molecular complexity index is 217. The van der Waals surface area contributed by atoms with Crippen LogP contribution < -0.4 is 10.6 Å². The Morgan fingerprint density at radius 1 is 1.43 bits per heavy atom. The molecule has 14 heavy (non-hydrogen) atoms. The summed E-state index contributed by atoms with van der Waals surface area (Å²) in [5.74, 6) is 0.268. The third-order valence-electron chi connectivity index (χ3n) is 3.18. The second-order valence-corrected chi connectivity index (χ2v) is 4.33. The van der Waals surface area contributed by atoms with Crippen molar-refractivity contribution in [2.75, 3.05) is 32.7 Å². The highest BCUT2D eigenvalue weighted by Crippen LogP contribution is 2.21. The average Bonchev–Trinajstić information content (AvgIpc) is 2.67. The van der Waals surface area contributed by atoms with E-state index in [4.69, 9.17) is 0 Å². The Kier molecular flexibility index (Phi) is 2.74. The first-order chi connectivity index (χ1) is 6.72. The van der Waals surface area contributed by atoms with Gasteiger partial charge in [0.2, 0.25) is 5.91 Å². The molecule has 1 atom stereocenters. The van der Waals surface area contributed by atoms with Crippen molar-refractivity contribution in [1.82, 2.24) is 15.5 Å². The summed E-state index contributed by atoms with van der Waals surface area (Å²) >= 11 is 0. The summed E-state index contributed by atoms with van der Waals surface area (Å²) in [5.41, 5.74) is -0.294. The van der Waals surface area contributed by atoms with Gasteiger partial charge in [-0.1, -0.05) is 0 Å². The molecule has 0 bridgehead atoms. The van der Waals surface area contributed by atoms with E-state index in [1.807, 2.05) is 11.8 Å². The van der Waals surface area contributed by atoms with Crippen molar-refractivity contribution in [3.63, 3.8) is 0 Å². The van der Waals surface area contributed by atoms with E-state index in [-0.39, 0.29) is 11.4 Å².